The number of alkyl halides is 1. The fourth-order valence-electron chi connectivity index (χ4n) is 1.07. The minimum absolute atomic E-state index is 0.543. The van der Waals surface area contributed by atoms with Crippen LogP contribution in [0.5, 0.6) is 0 Å². The van der Waals surface area contributed by atoms with Crippen LogP contribution in [0.25, 0.3) is 0 Å². The lowest BCUT2D eigenvalue weighted by atomic mass is 10.3. The summed E-state index contributed by atoms with van der Waals surface area (Å²) in [5.41, 5.74) is 1.98. The lowest BCUT2D eigenvalue weighted by Crippen LogP contribution is -2.06. The van der Waals surface area contributed by atoms with Gasteiger partial charge in [0.05, 0.1) is 6.17 Å². The smallest absolute Gasteiger partial charge is 0.0990 e. The highest BCUT2D eigenvalue weighted by atomic mass is 19.1. The van der Waals surface area contributed by atoms with Gasteiger partial charge in [0.1, 0.15) is 0 Å². The van der Waals surface area contributed by atoms with E-state index in [4.69, 9.17) is 0 Å². The molecular weight excluding hydrogens is 167 g/mol. The number of nitrogens with zero attached hydrogens (tertiary/aromatic N) is 1. The van der Waals surface area contributed by atoms with Gasteiger partial charge in [0.15, 0.2) is 0 Å². The molecule has 0 amide bonds. The predicted octanol–water partition coefficient (Wildman–Crippen LogP) is 2.55. The summed E-state index contributed by atoms with van der Waals surface area (Å²) in [6, 6.07) is 3.83. The molecule has 0 fully saturated rings. The Hall–Kier alpha value is -1.12. The number of nitrogens with one attached hydrogen (secondary N) is 1. The molecule has 13 heavy (non-hydrogen) atoms. The lowest BCUT2D eigenvalue weighted by molar-refractivity contribution is 0.348. The SMILES string of the molecule is Cc1cc(NCCC(C)F)ccn1. The van der Waals surface area contributed by atoms with E-state index in [-0.39, 0.29) is 0 Å². The number of anilines is 1. The standard InChI is InChI=1S/C10H15FN2/c1-8(11)3-5-13-10-4-6-12-9(2)7-10/h4,6-8H,3,5H2,1-2H3,(H,12,13). The van der Waals surface area contributed by atoms with Gasteiger partial charge in [-0.3, -0.25) is 4.98 Å². The average molecular weight is 182 g/mol. The Kier molecular flexibility index (Phi) is 3.68. The molecule has 0 saturated heterocycles. The largest absolute Gasteiger partial charge is 0.385 e. The summed E-state index contributed by atoms with van der Waals surface area (Å²) in [6.07, 6.45) is 1.55. The molecule has 1 N–H and O–H groups in total. The summed E-state index contributed by atoms with van der Waals surface area (Å²) >= 11 is 0. The quantitative estimate of drug-likeness (QED) is 0.774. The molecular formula is C10H15FN2. The second-order valence-electron chi connectivity index (χ2n) is 3.18. The molecule has 0 aliphatic heterocycles. The van der Waals surface area contributed by atoms with Gasteiger partial charge < -0.3 is 5.32 Å². The molecule has 0 aromatic carbocycles. The third-order valence-electron chi connectivity index (χ3n) is 1.77. The molecule has 3 heteroatoms. The van der Waals surface area contributed by atoms with Gasteiger partial charge in [-0.25, -0.2) is 4.39 Å². The van der Waals surface area contributed by atoms with E-state index in [2.05, 4.69) is 10.3 Å². The summed E-state index contributed by atoms with van der Waals surface area (Å²) in [6.45, 7) is 4.17. The first-order valence-corrected chi connectivity index (χ1v) is 4.49. The lowest BCUT2D eigenvalue weighted by Gasteiger charge is -2.06. The van der Waals surface area contributed by atoms with E-state index in [1.165, 1.54) is 0 Å². The van der Waals surface area contributed by atoms with Gasteiger partial charge in [0, 0.05) is 24.1 Å². The molecule has 0 spiro atoms. The van der Waals surface area contributed by atoms with Gasteiger partial charge in [-0.05, 0) is 32.4 Å². The Bertz CT molecular complexity index is 261. The minimum Gasteiger partial charge on any atom is -0.385 e. The van der Waals surface area contributed by atoms with Crippen LogP contribution < -0.4 is 5.32 Å². The molecule has 1 unspecified atom stereocenters. The summed E-state index contributed by atoms with van der Waals surface area (Å²) in [7, 11) is 0. The number of hydrogen-bond donors (Lipinski definition) is 1. The van der Waals surface area contributed by atoms with E-state index in [1.807, 2.05) is 19.1 Å². The van der Waals surface area contributed by atoms with Gasteiger partial charge in [0.25, 0.3) is 0 Å². The zero-order valence-corrected chi connectivity index (χ0v) is 8.05. The van der Waals surface area contributed by atoms with Crippen molar-refractivity contribution in [2.75, 3.05) is 11.9 Å². The fourth-order valence-corrected chi connectivity index (χ4v) is 1.07. The number of pyridine rings is 1. The first kappa shape index (κ1) is 9.96. The first-order valence-electron chi connectivity index (χ1n) is 4.49. The second kappa shape index (κ2) is 4.80. The number of aryl methyl sites for hydroxylation is 1. The van der Waals surface area contributed by atoms with Crippen molar-refractivity contribution >= 4 is 5.69 Å². The van der Waals surface area contributed by atoms with Crippen molar-refractivity contribution in [3.05, 3.63) is 24.0 Å². The monoisotopic (exact) mass is 182 g/mol. The van der Waals surface area contributed by atoms with Crippen molar-refractivity contribution in [1.29, 1.82) is 0 Å². The van der Waals surface area contributed by atoms with Crippen LogP contribution >= 0.6 is 0 Å². The average Bonchev–Trinajstić information content (AvgIpc) is 2.03. The molecule has 1 rings (SSSR count). The van der Waals surface area contributed by atoms with E-state index < -0.39 is 6.17 Å². The Morgan fingerprint density at radius 2 is 2.38 bits per heavy atom. The van der Waals surface area contributed by atoms with Gasteiger partial charge in [-0.15, -0.1) is 0 Å². The normalized spacial score (nSPS) is 12.5. The van der Waals surface area contributed by atoms with Crippen LogP contribution in [0, 0.1) is 6.92 Å². The molecule has 1 atom stereocenters. The highest BCUT2D eigenvalue weighted by molar-refractivity contribution is 5.42. The summed E-state index contributed by atoms with van der Waals surface area (Å²) in [4.78, 5) is 4.07. The van der Waals surface area contributed by atoms with Crippen molar-refractivity contribution in [3.63, 3.8) is 0 Å². The molecule has 1 heterocycles. The molecule has 1 aromatic rings. The maximum absolute atomic E-state index is 12.4. The van der Waals surface area contributed by atoms with E-state index in [0.717, 1.165) is 11.4 Å². The molecule has 72 valence electrons. The molecule has 0 radical (unpaired) electrons. The van der Waals surface area contributed by atoms with Crippen LogP contribution in [0.15, 0.2) is 18.3 Å². The molecule has 0 aliphatic carbocycles. The van der Waals surface area contributed by atoms with E-state index in [1.54, 1.807) is 13.1 Å². The van der Waals surface area contributed by atoms with Gasteiger partial charge in [0.2, 0.25) is 0 Å². The van der Waals surface area contributed by atoms with Crippen molar-refractivity contribution in [1.82, 2.24) is 4.98 Å². The highest BCUT2D eigenvalue weighted by Gasteiger charge is 1.97. The van der Waals surface area contributed by atoms with Crippen LogP contribution in [0.2, 0.25) is 0 Å². The predicted molar refractivity (Wildman–Crippen MR) is 52.7 cm³/mol. The zero-order chi connectivity index (χ0) is 9.68. The van der Waals surface area contributed by atoms with E-state index in [0.29, 0.717) is 13.0 Å². The minimum atomic E-state index is -0.740. The number of hydrogen-bond acceptors (Lipinski definition) is 2. The Morgan fingerprint density at radius 1 is 1.62 bits per heavy atom. The number of halogens is 1. The van der Waals surface area contributed by atoms with Crippen LogP contribution in [0.1, 0.15) is 19.0 Å². The Morgan fingerprint density at radius 3 is 3.00 bits per heavy atom. The van der Waals surface area contributed by atoms with Crippen LogP contribution in [-0.2, 0) is 0 Å². The topological polar surface area (TPSA) is 24.9 Å². The molecule has 2 nitrogen and oxygen atoms in total. The third-order valence-corrected chi connectivity index (χ3v) is 1.77. The van der Waals surface area contributed by atoms with Crippen LogP contribution in [0.4, 0.5) is 10.1 Å². The third kappa shape index (κ3) is 3.87. The fraction of sp³-hybridized carbons (Fsp3) is 0.500. The van der Waals surface area contributed by atoms with Gasteiger partial charge in [-0.2, -0.15) is 0 Å². The molecule has 0 bridgehead atoms. The summed E-state index contributed by atoms with van der Waals surface area (Å²) < 4.78 is 12.4. The summed E-state index contributed by atoms with van der Waals surface area (Å²) in [5, 5.41) is 3.14. The first-order chi connectivity index (χ1) is 6.18. The van der Waals surface area contributed by atoms with E-state index >= 15 is 0 Å². The van der Waals surface area contributed by atoms with Crippen LogP contribution in [-0.4, -0.2) is 17.7 Å². The summed E-state index contributed by atoms with van der Waals surface area (Å²) in [5.74, 6) is 0. The molecule has 1 aromatic heterocycles. The zero-order valence-electron chi connectivity index (χ0n) is 8.05. The van der Waals surface area contributed by atoms with Crippen LogP contribution in [0.3, 0.4) is 0 Å². The van der Waals surface area contributed by atoms with Crippen molar-refractivity contribution in [2.45, 2.75) is 26.4 Å². The Balaban J connectivity index is 2.37. The molecule has 0 aliphatic rings. The van der Waals surface area contributed by atoms with E-state index in [9.17, 15) is 4.39 Å². The van der Waals surface area contributed by atoms with Gasteiger partial charge >= 0.3 is 0 Å². The maximum atomic E-state index is 12.4. The van der Waals surface area contributed by atoms with Gasteiger partial charge in [-0.1, -0.05) is 0 Å². The number of rotatable bonds is 4. The molecule has 0 saturated carbocycles. The van der Waals surface area contributed by atoms with Crippen molar-refractivity contribution in [2.24, 2.45) is 0 Å². The number of aromatic nitrogens is 1. The Labute approximate surface area is 78.2 Å². The maximum Gasteiger partial charge on any atom is 0.0990 e. The second-order valence-corrected chi connectivity index (χ2v) is 3.18. The van der Waals surface area contributed by atoms with Crippen molar-refractivity contribution < 1.29 is 4.39 Å². The van der Waals surface area contributed by atoms with Crippen molar-refractivity contribution in [3.8, 4) is 0 Å². The highest BCUT2D eigenvalue weighted by Crippen LogP contribution is 2.07.